The predicted octanol–water partition coefficient (Wildman–Crippen LogP) is 0.627. The molecule has 0 aliphatic carbocycles. The summed E-state index contributed by atoms with van der Waals surface area (Å²) in [6.07, 6.45) is 1.88. The Kier molecular flexibility index (Phi) is 3.80. The van der Waals surface area contributed by atoms with Gasteiger partial charge in [-0.3, -0.25) is 4.39 Å². The second-order valence-corrected chi connectivity index (χ2v) is 3.23. The van der Waals surface area contributed by atoms with Gasteiger partial charge in [0.2, 0.25) is 0 Å². The molecule has 2 nitrogen and oxygen atoms in total. The molecular formula is C8H17FN2. The lowest BCUT2D eigenvalue weighted by Crippen LogP contribution is -2.24. The fourth-order valence-electron chi connectivity index (χ4n) is 1.59. The first-order valence-electron chi connectivity index (χ1n) is 4.35. The normalized spacial score (nSPS) is 26.2. The van der Waals surface area contributed by atoms with Gasteiger partial charge in [0.05, 0.1) is 6.67 Å². The zero-order valence-corrected chi connectivity index (χ0v) is 6.93. The smallest absolute Gasteiger partial charge is 0.0906 e. The minimum atomic E-state index is -0.191. The Morgan fingerprint density at radius 2 is 2.36 bits per heavy atom. The third-order valence-corrected chi connectivity index (χ3v) is 2.31. The molecule has 0 aromatic heterocycles. The van der Waals surface area contributed by atoms with Crippen molar-refractivity contribution in [2.75, 3.05) is 32.9 Å². The highest BCUT2D eigenvalue weighted by Crippen LogP contribution is 2.14. The minimum absolute atomic E-state index is 0.191. The van der Waals surface area contributed by atoms with Crippen molar-refractivity contribution in [3.63, 3.8) is 0 Å². The van der Waals surface area contributed by atoms with Gasteiger partial charge < -0.3 is 10.6 Å². The number of alkyl halides is 1. The van der Waals surface area contributed by atoms with Crippen LogP contribution in [0.2, 0.25) is 0 Å². The molecule has 0 aromatic carbocycles. The first-order valence-corrected chi connectivity index (χ1v) is 4.35. The molecule has 66 valence electrons. The standard InChI is InChI=1S/C8H17FN2/c9-3-1-4-11-5-2-8(6-10)7-11/h8H,1-7,10H2. The van der Waals surface area contributed by atoms with Crippen LogP contribution >= 0.6 is 0 Å². The maximum Gasteiger partial charge on any atom is 0.0906 e. The van der Waals surface area contributed by atoms with Gasteiger partial charge in [-0.25, -0.2) is 0 Å². The van der Waals surface area contributed by atoms with Crippen LogP contribution < -0.4 is 5.73 Å². The van der Waals surface area contributed by atoms with Crippen LogP contribution in [0.5, 0.6) is 0 Å². The van der Waals surface area contributed by atoms with Crippen LogP contribution in [-0.2, 0) is 0 Å². The summed E-state index contributed by atoms with van der Waals surface area (Å²) >= 11 is 0. The van der Waals surface area contributed by atoms with Gasteiger partial charge in [0, 0.05) is 13.1 Å². The Balaban J connectivity index is 2.09. The lowest BCUT2D eigenvalue weighted by molar-refractivity contribution is 0.302. The van der Waals surface area contributed by atoms with Gasteiger partial charge in [-0.2, -0.15) is 0 Å². The quantitative estimate of drug-likeness (QED) is 0.653. The number of nitrogens with zero attached hydrogens (tertiary/aromatic N) is 1. The molecule has 1 rings (SSSR count). The van der Waals surface area contributed by atoms with E-state index in [4.69, 9.17) is 5.73 Å². The van der Waals surface area contributed by atoms with Crippen LogP contribution in [-0.4, -0.2) is 37.8 Å². The molecule has 1 aliphatic rings. The summed E-state index contributed by atoms with van der Waals surface area (Å²) in [7, 11) is 0. The molecule has 1 fully saturated rings. The Labute approximate surface area is 67.6 Å². The van der Waals surface area contributed by atoms with E-state index in [9.17, 15) is 4.39 Å². The SMILES string of the molecule is NCC1CCN(CCCF)C1. The van der Waals surface area contributed by atoms with E-state index in [1.807, 2.05) is 0 Å². The molecule has 3 heteroatoms. The van der Waals surface area contributed by atoms with E-state index in [1.54, 1.807) is 0 Å². The average molecular weight is 160 g/mol. The van der Waals surface area contributed by atoms with Crippen molar-refractivity contribution in [1.29, 1.82) is 0 Å². The largest absolute Gasteiger partial charge is 0.330 e. The first kappa shape index (κ1) is 8.94. The molecule has 0 spiro atoms. The summed E-state index contributed by atoms with van der Waals surface area (Å²) in [5.74, 6) is 0.662. The zero-order chi connectivity index (χ0) is 8.10. The van der Waals surface area contributed by atoms with Crippen molar-refractivity contribution in [2.45, 2.75) is 12.8 Å². The summed E-state index contributed by atoms with van der Waals surface area (Å²) in [6, 6.07) is 0. The molecule has 0 aromatic rings. The molecule has 0 amide bonds. The van der Waals surface area contributed by atoms with Crippen molar-refractivity contribution in [1.82, 2.24) is 4.90 Å². The van der Waals surface area contributed by atoms with E-state index < -0.39 is 0 Å². The van der Waals surface area contributed by atoms with Gasteiger partial charge in [-0.15, -0.1) is 0 Å². The summed E-state index contributed by atoms with van der Waals surface area (Å²) in [4.78, 5) is 2.30. The number of rotatable bonds is 4. The number of halogens is 1. The van der Waals surface area contributed by atoms with Crippen LogP contribution in [0, 0.1) is 5.92 Å². The van der Waals surface area contributed by atoms with Gasteiger partial charge in [0.1, 0.15) is 0 Å². The van der Waals surface area contributed by atoms with Crippen molar-refractivity contribution < 1.29 is 4.39 Å². The second kappa shape index (κ2) is 4.67. The first-order chi connectivity index (χ1) is 5.36. The van der Waals surface area contributed by atoms with Crippen LogP contribution in [0.1, 0.15) is 12.8 Å². The Bertz CT molecular complexity index is 108. The van der Waals surface area contributed by atoms with Gasteiger partial charge in [0.25, 0.3) is 0 Å². The predicted molar refractivity (Wildman–Crippen MR) is 44.2 cm³/mol. The fraction of sp³-hybridized carbons (Fsp3) is 1.00. The average Bonchev–Trinajstić information content (AvgIpc) is 2.48. The molecule has 0 saturated carbocycles. The van der Waals surface area contributed by atoms with Gasteiger partial charge in [-0.1, -0.05) is 0 Å². The molecule has 1 unspecified atom stereocenters. The monoisotopic (exact) mass is 160 g/mol. The van der Waals surface area contributed by atoms with Gasteiger partial charge in [0.15, 0.2) is 0 Å². The second-order valence-electron chi connectivity index (χ2n) is 3.23. The lowest BCUT2D eigenvalue weighted by Gasteiger charge is -2.13. The van der Waals surface area contributed by atoms with Crippen LogP contribution in [0.3, 0.4) is 0 Å². The van der Waals surface area contributed by atoms with E-state index in [2.05, 4.69) is 4.90 Å². The minimum Gasteiger partial charge on any atom is -0.330 e. The molecule has 2 N–H and O–H groups in total. The van der Waals surface area contributed by atoms with Crippen molar-refractivity contribution in [3.05, 3.63) is 0 Å². The number of likely N-dealkylation sites (tertiary alicyclic amines) is 1. The highest BCUT2D eigenvalue weighted by molar-refractivity contribution is 4.75. The number of hydrogen-bond donors (Lipinski definition) is 1. The lowest BCUT2D eigenvalue weighted by atomic mass is 10.1. The van der Waals surface area contributed by atoms with Crippen molar-refractivity contribution in [2.24, 2.45) is 11.7 Å². The third kappa shape index (κ3) is 2.75. The highest BCUT2D eigenvalue weighted by atomic mass is 19.1. The highest BCUT2D eigenvalue weighted by Gasteiger charge is 2.19. The molecule has 1 atom stereocenters. The molecule has 1 aliphatic heterocycles. The Morgan fingerprint density at radius 3 is 2.91 bits per heavy atom. The Hall–Kier alpha value is -0.150. The molecule has 1 saturated heterocycles. The van der Waals surface area contributed by atoms with Crippen molar-refractivity contribution >= 4 is 0 Å². The van der Waals surface area contributed by atoms with Crippen LogP contribution in [0.15, 0.2) is 0 Å². The number of hydrogen-bond acceptors (Lipinski definition) is 2. The third-order valence-electron chi connectivity index (χ3n) is 2.31. The van der Waals surface area contributed by atoms with Gasteiger partial charge >= 0.3 is 0 Å². The van der Waals surface area contributed by atoms with E-state index in [0.717, 1.165) is 26.2 Å². The van der Waals surface area contributed by atoms with Crippen LogP contribution in [0.4, 0.5) is 4.39 Å². The maximum atomic E-state index is 11.8. The summed E-state index contributed by atoms with van der Waals surface area (Å²) in [5.41, 5.74) is 5.52. The number of nitrogens with two attached hydrogens (primary N) is 1. The molecule has 11 heavy (non-hydrogen) atoms. The van der Waals surface area contributed by atoms with Crippen LogP contribution in [0.25, 0.3) is 0 Å². The fourth-order valence-corrected chi connectivity index (χ4v) is 1.59. The van der Waals surface area contributed by atoms with E-state index in [1.165, 1.54) is 6.42 Å². The summed E-state index contributed by atoms with van der Waals surface area (Å²) in [6.45, 7) is 3.70. The van der Waals surface area contributed by atoms with Gasteiger partial charge in [-0.05, 0) is 31.8 Å². The molecule has 0 bridgehead atoms. The van der Waals surface area contributed by atoms with E-state index in [-0.39, 0.29) is 6.67 Å². The maximum absolute atomic E-state index is 11.8. The topological polar surface area (TPSA) is 29.3 Å². The summed E-state index contributed by atoms with van der Waals surface area (Å²) < 4.78 is 11.8. The molecular weight excluding hydrogens is 143 g/mol. The van der Waals surface area contributed by atoms with E-state index >= 15 is 0 Å². The zero-order valence-electron chi connectivity index (χ0n) is 6.93. The summed E-state index contributed by atoms with van der Waals surface area (Å²) in [5, 5.41) is 0. The molecule has 0 radical (unpaired) electrons. The Morgan fingerprint density at radius 1 is 1.55 bits per heavy atom. The van der Waals surface area contributed by atoms with E-state index in [0.29, 0.717) is 12.3 Å². The molecule has 1 heterocycles. The van der Waals surface area contributed by atoms with Crippen molar-refractivity contribution in [3.8, 4) is 0 Å².